The number of rotatable bonds is 7. The summed E-state index contributed by atoms with van der Waals surface area (Å²) in [6, 6.07) is 13.5. The van der Waals surface area contributed by atoms with E-state index in [-0.39, 0.29) is 5.78 Å². The van der Waals surface area contributed by atoms with E-state index in [1.54, 1.807) is 7.11 Å². The first-order valence-electron chi connectivity index (χ1n) is 8.50. The summed E-state index contributed by atoms with van der Waals surface area (Å²) in [5.74, 6) is 1.65. The van der Waals surface area contributed by atoms with E-state index in [0.717, 1.165) is 57.3 Å². The maximum Gasteiger partial charge on any atom is 0.171 e. The number of methoxy groups -OCH3 is 1. The smallest absolute Gasteiger partial charge is 0.171 e. The third-order valence-corrected chi connectivity index (χ3v) is 4.91. The normalized spacial score (nSPS) is 11.0. The quantitative estimate of drug-likeness (QED) is 0.458. The van der Waals surface area contributed by atoms with Crippen LogP contribution in [0.3, 0.4) is 0 Å². The van der Waals surface area contributed by atoms with E-state index in [0.29, 0.717) is 6.42 Å². The van der Waals surface area contributed by atoms with Gasteiger partial charge in [0.2, 0.25) is 0 Å². The van der Waals surface area contributed by atoms with Crippen molar-refractivity contribution < 1.29 is 13.9 Å². The molecule has 4 heteroatoms. The van der Waals surface area contributed by atoms with Crippen molar-refractivity contribution in [3.63, 3.8) is 0 Å². The lowest BCUT2D eigenvalue weighted by molar-refractivity contribution is 0.0992. The predicted octanol–water partition coefficient (Wildman–Crippen LogP) is 5.97. The monoisotopic (exact) mass is 400 g/mol. The molecule has 0 saturated heterocycles. The van der Waals surface area contributed by atoms with Gasteiger partial charge in [-0.1, -0.05) is 37.6 Å². The summed E-state index contributed by atoms with van der Waals surface area (Å²) in [5.41, 5.74) is 2.47. The van der Waals surface area contributed by atoms with Crippen molar-refractivity contribution in [1.29, 1.82) is 0 Å². The average molecular weight is 401 g/mol. The molecular weight excluding hydrogens is 380 g/mol. The van der Waals surface area contributed by atoms with Gasteiger partial charge in [-0.05, 0) is 46.1 Å². The summed E-state index contributed by atoms with van der Waals surface area (Å²) in [7, 11) is 1.63. The topological polar surface area (TPSA) is 39.4 Å². The number of ether oxygens (including phenoxy) is 1. The Balaban J connectivity index is 1.94. The van der Waals surface area contributed by atoms with Gasteiger partial charge in [0.05, 0.1) is 17.1 Å². The highest BCUT2D eigenvalue weighted by molar-refractivity contribution is 9.10. The van der Waals surface area contributed by atoms with E-state index in [1.165, 1.54) is 0 Å². The van der Waals surface area contributed by atoms with Gasteiger partial charge in [-0.15, -0.1) is 0 Å². The molecule has 130 valence electrons. The molecule has 1 heterocycles. The highest BCUT2D eigenvalue weighted by atomic mass is 79.9. The molecule has 0 N–H and O–H groups in total. The molecule has 0 saturated carbocycles. The zero-order valence-electron chi connectivity index (χ0n) is 14.5. The first-order chi connectivity index (χ1) is 12.1. The van der Waals surface area contributed by atoms with Crippen LogP contribution in [0.5, 0.6) is 5.75 Å². The summed E-state index contributed by atoms with van der Waals surface area (Å²) in [6.07, 6.45) is 3.20. The number of furan rings is 1. The van der Waals surface area contributed by atoms with Crippen LogP contribution in [0.2, 0.25) is 0 Å². The molecule has 0 spiro atoms. The number of aryl methyl sites for hydroxylation is 1. The fourth-order valence-electron chi connectivity index (χ4n) is 3.01. The number of hydrogen-bond donors (Lipinski definition) is 0. The van der Waals surface area contributed by atoms with Crippen molar-refractivity contribution in [3.05, 3.63) is 63.8 Å². The Kier molecular flexibility index (Phi) is 5.59. The van der Waals surface area contributed by atoms with E-state index in [4.69, 9.17) is 9.15 Å². The predicted molar refractivity (Wildman–Crippen MR) is 104 cm³/mol. The number of carbonyl (C=O) groups is 1. The summed E-state index contributed by atoms with van der Waals surface area (Å²) >= 11 is 3.48. The Morgan fingerprint density at radius 1 is 1.20 bits per heavy atom. The van der Waals surface area contributed by atoms with Gasteiger partial charge in [0.15, 0.2) is 5.78 Å². The molecule has 1 aromatic heterocycles. The van der Waals surface area contributed by atoms with Gasteiger partial charge in [-0.3, -0.25) is 4.79 Å². The van der Waals surface area contributed by atoms with Crippen molar-refractivity contribution in [2.75, 3.05) is 7.11 Å². The molecule has 0 radical (unpaired) electrons. The SMILES string of the molecule is CCCCc1oc2ccccc2c1C(=O)Cc1ccc(OC)c(Br)c1. The molecule has 2 aromatic carbocycles. The summed E-state index contributed by atoms with van der Waals surface area (Å²) in [5, 5.41) is 0.909. The minimum Gasteiger partial charge on any atom is -0.496 e. The number of para-hydroxylation sites is 1. The summed E-state index contributed by atoms with van der Waals surface area (Å²) in [4.78, 5) is 13.0. The minimum absolute atomic E-state index is 0.0909. The number of hydrogen-bond acceptors (Lipinski definition) is 3. The first-order valence-corrected chi connectivity index (χ1v) is 9.29. The van der Waals surface area contributed by atoms with Gasteiger partial charge in [0.25, 0.3) is 0 Å². The second kappa shape index (κ2) is 7.87. The number of Topliss-reactive ketones (excluding diaryl/α,β-unsaturated/α-hetero) is 1. The molecule has 3 aromatic rings. The average Bonchev–Trinajstić information content (AvgIpc) is 2.98. The van der Waals surface area contributed by atoms with Gasteiger partial charge in [0, 0.05) is 18.2 Å². The van der Waals surface area contributed by atoms with Gasteiger partial charge < -0.3 is 9.15 Å². The molecule has 0 bridgehead atoms. The molecular formula is C21H21BrO3. The van der Waals surface area contributed by atoms with E-state index in [2.05, 4.69) is 22.9 Å². The molecule has 0 aliphatic heterocycles. The molecule has 0 fully saturated rings. The number of fused-ring (bicyclic) bond motifs is 1. The third-order valence-electron chi connectivity index (χ3n) is 4.29. The van der Waals surface area contributed by atoms with Crippen molar-refractivity contribution in [1.82, 2.24) is 0 Å². The van der Waals surface area contributed by atoms with E-state index >= 15 is 0 Å². The second-order valence-electron chi connectivity index (χ2n) is 6.07. The van der Waals surface area contributed by atoms with Crippen LogP contribution in [0.4, 0.5) is 0 Å². The Morgan fingerprint density at radius 2 is 2.00 bits per heavy atom. The maximum absolute atomic E-state index is 13.0. The fourth-order valence-corrected chi connectivity index (χ4v) is 3.60. The number of unbranched alkanes of at least 4 members (excludes halogenated alkanes) is 1. The van der Waals surface area contributed by atoms with Gasteiger partial charge in [-0.2, -0.15) is 0 Å². The van der Waals surface area contributed by atoms with Crippen molar-refractivity contribution in [3.8, 4) is 5.75 Å². The van der Waals surface area contributed by atoms with E-state index in [9.17, 15) is 4.79 Å². The highest BCUT2D eigenvalue weighted by Gasteiger charge is 2.20. The first kappa shape index (κ1) is 17.7. The van der Waals surface area contributed by atoms with Crippen molar-refractivity contribution in [2.45, 2.75) is 32.6 Å². The van der Waals surface area contributed by atoms with Crippen LogP contribution < -0.4 is 4.74 Å². The number of ketones is 1. The molecule has 25 heavy (non-hydrogen) atoms. The van der Waals surface area contributed by atoms with Crippen LogP contribution in [0, 0.1) is 0 Å². The molecule has 0 atom stereocenters. The zero-order chi connectivity index (χ0) is 17.8. The zero-order valence-corrected chi connectivity index (χ0v) is 16.1. The number of carbonyl (C=O) groups excluding carboxylic acids is 1. The minimum atomic E-state index is 0.0909. The van der Waals surface area contributed by atoms with Gasteiger partial charge in [0.1, 0.15) is 17.1 Å². The molecule has 3 nitrogen and oxygen atoms in total. The Bertz CT molecular complexity index is 895. The van der Waals surface area contributed by atoms with Gasteiger partial charge >= 0.3 is 0 Å². The lowest BCUT2D eigenvalue weighted by Crippen LogP contribution is -2.06. The third kappa shape index (κ3) is 3.79. The van der Waals surface area contributed by atoms with E-state index in [1.807, 2.05) is 42.5 Å². The van der Waals surface area contributed by atoms with Crippen LogP contribution in [-0.4, -0.2) is 12.9 Å². The summed E-state index contributed by atoms with van der Waals surface area (Å²) in [6.45, 7) is 2.14. The standard InChI is InChI=1S/C21H21BrO3/c1-3-4-8-20-21(15-7-5-6-9-18(15)25-20)17(23)13-14-10-11-19(24-2)16(22)12-14/h5-7,9-12H,3-4,8,13H2,1-2H3. The van der Waals surface area contributed by atoms with Crippen LogP contribution >= 0.6 is 15.9 Å². The Morgan fingerprint density at radius 3 is 2.72 bits per heavy atom. The number of halogens is 1. The fraction of sp³-hybridized carbons (Fsp3) is 0.286. The van der Waals surface area contributed by atoms with Crippen LogP contribution in [0.1, 0.15) is 41.4 Å². The van der Waals surface area contributed by atoms with Crippen LogP contribution in [0.25, 0.3) is 11.0 Å². The molecule has 0 aliphatic carbocycles. The van der Waals surface area contributed by atoms with E-state index < -0.39 is 0 Å². The molecule has 3 rings (SSSR count). The molecule has 0 amide bonds. The lowest BCUT2D eigenvalue weighted by atomic mass is 9.98. The second-order valence-corrected chi connectivity index (χ2v) is 6.92. The van der Waals surface area contributed by atoms with Crippen molar-refractivity contribution >= 4 is 32.7 Å². The van der Waals surface area contributed by atoms with Crippen molar-refractivity contribution in [2.24, 2.45) is 0 Å². The number of benzene rings is 2. The van der Waals surface area contributed by atoms with Gasteiger partial charge in [-0.25, -0.2) is 0 Å². The Hall–Kier alpha value is -2.07. The van der Waals surface area contributed by atoms with Crippen LogP contribution in [-0.2, 0) is 12.8 Å². The maximum atomic E-state index is 13.0. The summed E-state index contributed by atoms with van der Waals surface area (Å²) < 4.78 is 12.1. The molecule has 0 aliphatic rings. The Labute approximate surface area is 156 Å². The van der Waals surface area contributed by atoms with Crippen LogP contribution in [0.15, 0.2) is 51.4 Å². The largest absolute Gasteiger partial charge is 0.496 e. The lowest BCUT2D eigenvalue weighted by Gasteiger charge is -2.07. The highest BCUT2D eigenvalue weighted by Crippen LogP contribution is 2.30. The molecule has 0 unspecified atom stereocenters.